The molecule has 0 atom stereocenters. The molecular formula is C14H23NO2. The van der Waals surface area contributed by atoms with Gasteiger partial charge in [0, 0.05) is 12.1 Å². The van der Waals surface area contributed by atoms with E-state index >= 15 is 0 Å². The summed E-state index contributed by atoms with van der Waals surface area (Å²) in [4.78, 5) is 0. The van der Waals surface area contributed by atoms with E-state index in [2.05, 4.69) is 0 Å². The molecule has 0 unspecified atom stereocenters. The number of hydrogen-bond donors (Lipinski definition) is 1. The molecule has 2 N–H and O–H groups in total. The molecule has 17 heavy (non-hydrogen) atoms. The largest absolute Gasteiger partial charge is 0.491 e. The first-order valence-electron chi connectivity index (χ1n) is 5.99. The molecule has 3 heteroatoms. The second-order valence-corrected chi connectivity index (χ2v) is 5.12. The van der Waals surface area contributed by atoms with E-state index in [0.717, 1.165) is 11.3 Å². The molecular weight excluding hydrogens is 214 g/mol. The first kappa shape index (κ1) is 14.0. The van der Waals surface area contributed by atoms with Gasteiger partial charge in [0.05, 0.1) is 12.2 Å². The van der Waals surface area contributed by atoms with Crippen LogP contribution in [0.3, 0.4) is 0 Å². The maximum atomic E-state index is 5.70. The second kappa shape index (κ2) is 6.03. The Kier molecular flexibility index (Phi) is 4.97. The Hall–Kier alpha value is -1.06. The lowest BCUT2D eigenvalue weighted by atomic mass is 10.1. The molecule has 0 fully saturated rings. The van der Waals surface area contributed by atoms with Crippen LogP contribution in [0.4, 0.5) is 0 Å². The molecule has 1 rings (SSSR count). The average Bonchev–Trinajstić information content (AvgIpc) is 2.23. The van der Waals surface area contributed by atoms with Crippen molar-refractivity contribution < 1.29 is 9.47 Å². The normalized spacial score (nSPS) is 11.6. The Balaban J connectivity index is 2.48. The van der Waals surface area contributed by atoms with Crippen molar-refractivity contribution in [3.8, 4) is 5.75 Å². The van der Waals surface area contributed by atoms with Crippen molar-refractivity contribution in [2.45, 2.75) is 39.8 Å². The van der Waals surface area contributed by atoms with Gasteiger partial charge >= 0.3 is 0 Å². The Morgan fingerprint density at radius 2 is 1.88 bits per heavy atom. The molecule has 0 spiro atoms. The van der Waals surface area contributed by atoms with Gasteiger partial charge in [-0.05, 0) is 39.3 Å². The number of hydrogen-bond acceptors (Lipinski definition) is 3. The molecule has 0 saturated heterocycles. The Bertz CT molecular complexity index is 356. The van der Waals surface area contributed by atoms with Crippen LogP contribution in [0.1, 0.15) is 31.9 Å². The van der Waals surface area contributed by atoms with E-state index in [9.17, 15) is 0 Å². The summed E-state index contributed by atoms with van der Waals surface area (Å²) in [6.45, 7) is 9.77. The Labute approximate surface area is 104 Å². The lowest BCUT2D eigenvalue weighted by molar-refractivity contribution is -0.0164. The summed E-state index contributed by atoms with van der Waals surface area (Å²) in [7, 11) is 0. The molecule has 0 amide bonds. The van der Waals surface area contributed by atoms with Gasteiger partial charge in [-0.1, -0.05) is 12.1 Å². The van der Waals surface area contributed by atoms with E-state index in [0.29, 0.717) is 19.8 Å². The van der Waals surface area contributed by atoms with Gasteiger partial charge in [0.2, 0.25) is 0 Å². The van der Waals surface area contributed by atoms with Gasteiger partial charge < -0.3 is 15.2 Å². The van der Waals surface area contributed by atoms with E-state index in [1.165, 1.54) is 5.56 Å². The van der Waals surface area contributed by atoms with Crippen LogP contribution >= 0.6 is 0 Å². The van der Waals surface area contributed by atoms with Gasteiger partial charge in [0.15, 0.2) is 0 Å². The maximum Gasteiger partial charge on any atom is 0.124 e. The number of nitrogens with two attached hydrogens (primary N) is 1. The van der Waals surface area contributed by atoms with Gasteiger partial charge in [0.1, 0.15) is 12.4 Å². The van der Waals surface area contributed by atoms with Crippen LogP contribution in [0.5, 0.6) is 5.75 Å². The topological polar surface area (TPSA) is 44.5 Å². The zero-order chi connectivity index (χ0) is 12.9. The Morgan fingerprint density at radius 3 is 2.47 bits per heavy atom. The van der Waals surface area contributed by atoms with E-state index in [1.807, 2.05) is 45.9 Å². The predicted molar refractivity (Wildman–Crippen MR) is 70.3 cm³/mol. The number of benzene rings is 1. The van der Waals surface area contributed by atoms with Crippen LogP contribution in [0.15, 0.2) is 18.2 Å². The molecule has 1 aromatic rings. The highest BCUT2D eigenvalue weighted by molar-refractivity contribution is 5.36. The van der Waals surface area contributed by atoms with Crippen molar-refractivity contribution >= 4 is 0 Å². The van der Waals surface area contributed by atoms with Crippen LogP contribution < -0.4 is 10.5 Å². The molecule has 0 bridgehead atoms. The van der Waals surface area contributed by atoms with Crippen molar-refractivity contribution in [1.29, 1.82) is 0 Å². The monoisotopic (exact) mass is 237 g/mol. The van der Waals surface area contributed by atoms with Crippen molar-refractivity contribution in [1.82, 2.24) is 0 Å². The zero-order valence-corrected chi connectivity index (χ0v) is 11.2. The molecule has 96 valence electrons. The first-order chi connectivity index (χ1) is 7.92. The molecule has 0 saturated carbocycles. The van der Waals surface area contributed by atoms with Crippen LogP contribution in [-0.4, -0.2) is 18.8 Å². The molecule has 1 aromatic carbocycles. The van der Waals surface area contributed by atoms with Crippen molar-refractivity contribution in [3.05, 3.63) is 29.3 Å². The quantitative estimate of drug-likeness (QED) is 0.801. The average molecular weight is 237 g/mol. The third-order valence-corrected chi connectivity index (χ3v) is 2.32. The van der Waals surface area contributed by atoms with E-state index in [1.54, 1.807) is 0 Å². The van der Waals surface area contributed by atoms with Gasteiger partial charge in [0.25, 0.3) is 0 Å². The van der Waals surface area contributed by atoms with Crippen LogP contribution in [-0.2, 0) is 11.3 Å². The van der Waals surface area contributed by atoms with Gasteiger partial charge in [-0.2, -0.15) is 0 Å². The minimum atomic E-state index is -0.118. The summed E-state index contributed by atoms with van der Waals surface area (Å²) < 4.78 is 11.3. The number of aryl methyl sites for hydroxylation is 1. The summed E-state index contributed by atoms with van der Waals surface area (Å²) in [6.07, 6.45) is 0. The van der Waals surface area contributed by atoms with Crippen molar-refractivity contribution in [3.63, 3.8) is 0 Å². The minimum absolute atomic E-state index is 0.118. The summed E-state index contributed by atoms with van der Waals surface area (Å²) in [6, 6.07) is 6.06. The molecule has 0 aliphatic rings. The summed E-state index contributed by atoms with van der Waals surface area (Å²) in [5.74, 6) is 0.866. The van der Waals surface area contributed by atoms with Crippen LogP contribution in [0.2, 0.25) is 0 Å². The highest BCUT2D eigenvalue weighted by Crippen LogP contribution is 2.19. The molecule has 0 aliphatic carbocycles. The molecule has 0 aromatic heterocycles. The molecule has 0 radical (unpaired) electrons. The summed E-state index contributed by atoms with van der Waals surface area (Å²) >= 11 is 0. The number of ether oxygens (including phenoxy) is 2. The SMILES string of the molecule is Cc1ccc(CN)c(OCCOC(C)(C)C)c1. The maximum absolute atomic E-state index is 5.70. The van der Waals surface area contributed by atoms with Crippen LogP contribution in [0.25, 0.3) is 0 Å². The van der Waals surface area contributed by atoms with E-state index < -0.39 is 0 Å². The lowest BCUT2D eigenvalue weighted by Crippen LogP contribution is -2.22. The smallest absolute Gasteiger partial charge is 0.124 e. The molecule has 0 heterocycles. The fourth-order valence-corrected chi connectivity index (χ4v) is 1.46. The molecule has 0 aliphatic heterocycles. The third-order valence-electron chi connectivity index (χ3n) is 2.32. The van der Waals surface area contributed by atoms with Gasteiger partial charge in [-0.15, -0.1) is 0 Å². The second-order valence-electron chi connectivity index (χ2n) is 5.12. The van der Waals surface area contributed by atoms with Gasteiger partial charge in [-0.3, -0.25) is 0 Å². The molecule has 3 nitrogen and oxygen atoms in total. The number of rotatable bonds is 5. The third kappa shape index (κ3) is 5.20. The minimum Gasteiger partial charge on any atom is -0.491 e. The zero-order valence-electron chi connectivity index (χ0n) is 11.2. The van der Waals surface area contributed by atoms with E-state index in [-0.39, 0.29) is 5.60 Å². The fourth-order valence-electron chi connectivity index (χ4n) is 1.46. The first-order valence-corrected chi connectivity index (χ1v) is 5.99. The standard InChI is InChI=1S/C14H23NO2/c1-11-5-6-12(10-15)13(9-11)16-7-8-17-14(2,3)4/h5-6,9H,7-8,10,15H2,1-4H3. The summed E-state index contributed by atoms with van der Waals surface area (Å²) in [5, 5.41) is 0. The Morgan fingerprint density at radius 1 is 1.18 bits per heavy atom. The van der Waals surface area contributed by atoms with Crippen molar-refractivity contribution in [2.24, 2.45) is 5.73 Å². The van der Waals surface area contributed by atoms with Crippen molar-refractivity contribution in [2.75, 3.05) is 13.2 Å². The lowest BCUT2D eigenvalue weighted by Gasteiger charge is -2.20. The highest BCUT2D eigenvalue weighted by atomic mass is 16.5. The fraction of sp³-hybridized carbons (Fsp3) is 0.571. The predicted octanol–water partition coefficient (Wildman–Crippen LogP) is 2.65. The van der Waals surface area contributed by atoms with E-state index in [4.69, 9.17) is 15.2 Å². The van der Waals surface area contributed by atoms with Crippen LogP contribution in [0, 0.1) is 6.92 Å². The highest BCUT2D eigenvalue weighted by Gasteiger charge is 2.09. The van der Waals surface area contributed by atoms with Gasteiger partial charge in [-0.25, -0.2) is 0 Å². The summed E-state index contributed by atoms with van der Waals surface area (Å²) in [5.41, 5.74) is 7.75.